The smallest absolute Gasteiger partial charge is 0.422 e. The molecule has 2 amide bonds. The minimum atomic E-state index is -1.35. The van der Waals surface area contributed by atoms with Gasteiger partial charge >= 0.3 is 12.1 Å². The Hall–Kier alpha value is -3.03. The highest BCUT2D eigenvalue weighted by Gasteiger charge is 2.40. The molecule has 3 rings (SSSR count). The normalized spacial score (nSPS) is 15.0. The van der Waals surface area contributed by atoms with Crippen molar-refractivity contribution in [2.75, 3.05) is 4.90 Å². The van der Waals surface area contributed by atoms with Gasteiger partial charge in [-0.3, -0.25) is 4.79 Å². The predicted molar refractivity (Wildman–Crippen MR) is 145 cm³/mol. The van der Waals surface area contributed by atoms with Crippen LogP contribution >= 0.6 is 23.2 Å². The first-order valence-electron chi connectivity index (χ1n) is 11.7. The molecule has 0 aliphatic carbocycles. The van der Waals surface area contributed by atoms with Crippen molar-refractivity contribution in [1.82, 2.24) is 0 Å². The summed E-state index contributed by atoms with van der Waals surface area (Å²) < 4.78 is 17.0. The van der Waals surface area contributed by atoms with Gasteiger partial charge in [0.15, 0.2) is 5.60 Å². The maximum absolute atomic E-state index is 13.5. The molecule has 0 saturated heterocycles. The van der Waals surface area contributed by atoms with E-state index in [-0.39, 0.29) is 5.57 Å². The van der Waals surface area contributed by atoms with Crippen LogP contribution in [0.1, 0.15) is 66.5 Å². The van der Waals surface area contributed by atoms with E-state index in [0.29, 0.717) is 32.6 Å². The summed E-state index contributed by atoms with van der Waals surface area (Å²) in [5, 5.41) is 0.743. The number of hydrogen-bond donors (Lipinski definition) is 0. The monoisotopic (exact) mass is 547 g/mol. The number of hydrogen-bond acceptors (Lipinski definition) is 6. The summed E-state index contributed by atoms with van der Waals surface area (Å²) in [5.74, 6) is -0.850. The number of ether oxygens (including phenoxy) is 3. The molecule has 0 atom stereocenters. The molecular formula is C28H31Cl2NO6. The van der Waals surface area contributed by atoms with E-state index in [1.807, 2.05) is 0 Å². The highest BCUT2D eigenvalue weighted by molar-refractivity contribution is 6.42. The van der Waals surface area contributed by atoms with Gasteiger partial charge in [-0.2, -0.15) is 0 Å². The standard InChI is InChI=1S/C28H31Cl2NO6/c1-26(2,3)36-24(33)28(7,8)35-22-12-10-17(29)13-16(22)14-20-19-11-9-18(30)15-21(19)31(23(20)32)25(34)37-27(4,5)6/h9-15H,1-8H3. The quantitative estimate of drug-likeness (QED) is 0.294. The second-order valence-electron chi connectivity index (χ2n) is 11.1. The largest absolute Gasteiger partial charge is 0.476 e. The van der Waals surface area contributed by atoms with Crippen LogP contribution in [0.15, 0.2) is 36.4 Å². The first-order chi connectivity index (χ1) is 16.9. The van der Waals surface area contributed by atoms with E-state index in [1.165, 1.54) is 6.07 Å². The van der Waals surface area contributed by atoms with Gasteiger partial charge in [-0.25, -0.2) is 14.5 Å². The van der Waals surface area contributed by atoms with E-state index in [2.05, 4.69) is 0 Å². The fourth-order valence-corrected chi connectivity index (χ4v) is 3.84. The van der Waals surface area contributed by atoms with E-state index in [4.69, 9.17) is 37.4 Å². The average Bonchev–Trinajstić information content (AvgIpc) is 2.98. The van der Waals surface area contributed by atoms with Crippen LogP contribution in [0.5, 0.6) is 5.75 Å². The van der Waals surface area contributed by atoms with Crippen LogP contribution in [0.2, 0.25) is 10.0 Å². The van der Waals surface area contributed by atoms with Crippen molar-refractivity contribution < 1.29 is 28.6 Å². The molecule has 2 aromatic carbocycles. The molecule has 0 radical (unpaired) electrons. The lowest BCUT2D eigenvalue weighted by Gasteiger charge is -2.29. The molecule has 0 N–H and O–H groups in total. The molecule has 0 unspecified atom stereocenters. The zero-order valence-corrected chi connectivity index (χ0v) is 23.7. The number of fused-ring (bicyclic) bond motifs is 1. The van der Waals surface area contributed by atoms with Gasteiger partial charge in [-0.1, -0.05) is 29.3 Å². The molecule has 0 fully saturated rings. The molecule has 1 aliphatic heterocycles. The summed E-state index contributed by atoms with van der Waals surface area (Å²) in [6.07, 6.45) is 0.740. The number of benzene rings is 2. The maximum Gasteiger partial charge on any atom is 0.422 e. The summed E-state index contributed by atoms with van der Waals surface area (Å²) in [5.41, 5.74) is -1.44. The zero-order valence-electron chi connectivity index (χ0n) is 22.2. The molecular weight excluding hydrogens is 517 g/mol. The fourth-order valence-electron chi connectivity index (χ4n) is 3.49. The molecule has 198 valence electrons. The van der Waals surface area contributed by atoms with Crippen LogP contribution in [0.4, 0.5) is 10.5 Å². The predicted octanol–water partition coefficient (Wildman–Crippen LogP) is 7.31. The number of anilines is 1. The molecule has 9 heteroatoms. The second kappa shape index (κ2) is 10.0. The van der Waals surface area contributed by atoms with Crippen molar-refractivity contribution in [1.29, 1.82) is 0 Å². The molecule has 1 heterocycles. The topological polar surface area (TPSA) is 82.1 Å². The molecule has 0 spiro atoms. The zero-order chi connectivity index (χ0) is 27.9. The number of halogens is 2. The van der Waals surface area contributed by atoms with Crippen LogP contribution in [-0.4, -0.2) is 34.8 Å². The van der Waals surface area contributed by atoms with E-state index in [0.717, 1.165) is 4.90 Å². The Balaban J connectivity index is 2.07. The van der Waals surface area contributed by atoms with E-state index < -0.39 is 34.8 Å². The Morgan fingerprint density at radius 2 is 1.41 bits per heavy atom. The number of carbonyl (C=O) groups excluding carboxylic acids is 3. The Morgan fingerprint density at radius 3 is 2.00 bits per heavy atom. The van der Waals surface area contributed by atoms with Crippen molar-refractivity contribution in [3.05, 3.63) is 57.6 Å². The third kappa shape index (κ3) is 6.84. The van der Waals surface area contributed by atoms with Crippen molar-refractivity contribution in [3.63, 3.8) is 0 Å². The van der Waals surface area contributed by atoms with Crippen molar-refractivity contribution in [2.45, 2.75) is 72.2 Å². The van der Waals surface area contributed by atoms with Gasteiger partial charge in [0.1, 0.15) is 17.0 Å². The van der Waals surface area contributed by atoms with Crippen molar-refractivity contribution in [2.24, 2.45) is 0 Å². The highest BCUT2D eigenvalue weighted by atomic mass is 35.5. The summed E-state index contributed by atoms with van der Waals surface area (Å²) >= 11 is 12.5. The van der Waals surface area contributed by atoms with Gasteiger partial charge in [-0.05, 0) is 91.8 Å². The lowest BCUT2D eigenvalue weighted by molar-refractivity contribution is -0.170. The molecule has 1 aliphatic rings. The number of nitrogens with zero attached hydrogens (tertiary/aromatic N) is 1. The van der Waals surface area contributed by atoms with Crippen LogP contribution in [0.25, 0.3) is 11.6 Å². The van der Waals surface area contributed by atoms with Crippen molar-refractivity contribution in [3.8, 4) is 5.75 Å². The lowest BCUT2D eigenvalue weighted by Crippen LogP contribution is -2.43. The molecule has 7 nitrogen and oxygen atoms in total. The Bertz CT molecular complexity index is 1280. The SMILES string of the molecule is CC(C)(C)OC(=O)N1C(=O)C(=Cc2cc(Cl)ccc2OC(C)(C)C(=O)OC(C)(C)C)c2ccc(Cl)cc21. The molecule has 0 saturated carbocycles. The van der Waals surface area contributed by atoms with Crippen LogP contribution in [0, 0.1) is 0 Å². The van der Waals surface area contributed by atoms with Crippen LogP contribution in [0.3, 0.4) is 0 Å². The molecule has 0 aromatic heterocycles. The van der Waals surface area contributed by atoms with Crippen LogP contribution < -0.4 is 9.64 Å². The maximum atomic E-state index is 13.5. The summed E-state index contributed by atoms with van der Waals surface area (Å²) in [6, 6.07) is 9.63. The Kier molecular flexibility index (Phi) is 7.73. The van der Waals surface area contributed by atoms with E-state index in [9.17, 15) is 14.4 Å². The summed E-state index contributed by atoms with van der Waals surface area (Å²) in [4.78, 5) is 40.2. The third-order valence-corrected chi connectivity index (χ3v) is 5.50. The number of esters is 1. The Morgan fingerprint density at radius 1 is 0.838 bits per heavy atom. The second-order valence-corrected chi connectivity index (χ2v) is 12.0. The summed E-state index contributed by atoms with van der Waals surface area (Å²) in [7, 11) is 0. The van der Waals surface area contributed by atoms with Crippen LogP contribution in [-0.2, 0) is 19.1 Å². The molecule has 2 aromatic rings. The number of rotatable bonds is 4. The number of carbonyl (C=O) groups is 3. The minimum Gasteiger partial charge on any atom is -0.476 e. The Labute approximate surface area is 227 Å². The average molecular weight is 548 g/mol. The molecule has 0 bridgehead atoms. The first-order valence-corrected chi connectivity index (χ1v) is 12.4. The number of amides is 2. The van der Waals surface area contributed by atoms with Gasteiger partial charge in [0.05, 0.1) is 11.3 Å². The third-order valence-electron chi connectivity index (χ3n) is 5.03. The van der Waals surface area contributed by atoms with E-state index in [1.54, 1.807) is 91.8 Å². The first kappa shape index (κ1) is 28.5. The van der Waals surface area contributed by atoms with E-state index >= 15 is 0 Å². The van der Waals surface area contributed by atoms with Gasteiger partial charge in [0, 0.05) is 21.2 Å². The van der Waals surface area contributed by atoms with Gasteiger partial charge in [0.2, 0.25) is 0 Å². The minimum absolute atomic E-state index is 0.208. The highest BCUT2D eigenvalue weighted by Crippen LogP contribution is 2.41. The molecule has 37 heavy (non-hydrogen) atoms. The van der Waals surface area contributed by atoms with Gasteiger partial charge < -0.3 is 14.2 Å². The van der Waals surface area contributed by atoms with Crippen molar-refractivity contribution >= 4 is 58.5 Å². The van der Waals surface area contributed by atoms with Gasteiger partial charge in [-0.15, -0.1) is 0 Å². The summed E-state index contributed by atoms with van der Waals surface area (Å²) in [6.45, 7) is 13.6. The number of imide groups is 1. The fraction of sp³-hybridized carbons (Fsp3) is 0.393. The van der Waals surface area contributed by atoms with Gasteiger partial charge in [0.25, 0.3) is 5.91 Å². The lowest BCUT2D eigenvalue weighted by atomic mass is 10.0.